The van der Waals surface area contributed by atoms with Crippen molar-refractivity contribution in [2.45, 2.75) is 38.9 Å². The van der Waals surface area contributed by atoms with Crippen LogP contribution in [-0.2, 0) is 23.1 Å². The lowest BCUT2D eigenvalue weighted by Crippen LogP contribution is -2.58. The van der Waals surface area contributed by atoms with Crippen molar-refractivity contribution in [2.24, 2.45) is 12.5 Å². The summed E-state index contributed by atoms with van der Waals surface area (Å²) in [6, 6.07) is 3.93. The molecule has 0 saturated carbocycles. The fourth-order valence-corrected chi connectivity index (χ4v) is 4.51. The summed E-state index contributed by atoms with van der Waals surface area (Å²) in [5, 5.41) is 4.32. The van der Waals surface area contributed by atoms with Gasteiger partial charge >= 0.3 is 0 Å². The molecular formula is C21H28N4O3. The highest BCUT2D eigenvalue weighted by atomic mass is 16.5. The van der Waals surface area contributed by atoms with Gasteiger partial charge in [-0.2, -0.15) is 5.10 Å². The van der Waals surface area contributed by atoms with Gasteiger partial charge in [-0.25, -0.2) is 0 Å². The number of likely N-dealkylation sites (tertiary alicyclic amines) is 1. The molecule has 7 heteroatoms. The van der Waals surface area contributed by atoms with Crippen LogP contribution >= 0.6 is 0 Å². The Bertz CT molecular complexity index is 822. The van der Waals surface area contributed by atoms with E-state index in [9.17, 15) is 4.79 Å². The predicted octanol–water partition coefficient (Wildman–Crippen LogP) is 2.35. The molecule has 0 spiro atoms. The third-order valence-electron chi connectivity index (χ3n) is 5.93. The number of aromatic nitrogens is 3. The Labute approximate surface area is 165 Å². The van der Waals surface area contributed by atoms with Crippen LogP contribution in [0.5, 0.6) is 0 Å². The van der Waals surface area contributed by atoms with Gasteiger partial charge in [0.05, 0.1) is 30.6 Å². The summed E-state index contributed by atoms with van der Waals surface area (Å²) in [6.45, 7) is 5.21. The number of pyridine rings is 1. The first-order valence-corrected chi connectivity index (χ1v) is 9.95. The lowest BCUT2D eigenvalue weighted by atomic mass is 9.73. The zero-order valence-corrected chi connectivity index (χ0v) is 16.6. The molecule has 28 heavy (non-hydrogen) atoms. The second-order valence-corrected chi connectivity index (χ2v) is 7.99. The number of carbonyl (C=O) groups excluding carboxylic acids is 1. The standard InChI is InChI=1S/C21H28N4O3/c1-16-18(12-24(2)23-16)20(26)25-10-6-19-21(14-25,7-3-11-28-19)15-27-13-17-4-8-22-9-5-17/h4-5,8-9,12,19H,3,6-7,10-11,13-15H2,1-2H3. The average Bonchev–Trinajstić information content (AvgIpc) is 3.05. The molecule has 2 aromatic heterocycles. The number of fused-ring (bicyclic) bond motifs is 1. The Balaban J connectivity index is 1.47. The van der Waals surface area contributed by atoms with Crippen LogP contribution < -0.4 is 0 Å². The molecular weight excluding hydrogens is 356 g/mol. The van der Waals surface area contributed by atoms with E-state index < -0.39 is 0 Å². The summed E-state index contributed by atoms with van der Waals surface area (Å²) < 4.78 is 13.9. The van der Waals surface area contributed by atoms with E-state index in [-0.39, 0.29) is 17.4 Å². The molecule has 0 aromatic carbocycles. The van der Waals surface area contributed by atoms with Gasteiger partial charge in [-0.1, -0.05) is 0 Å². The molecule has 7 nitrogen and oxygen atoms in total. The predicted molar refractivity (Wildman–Crippen MR) is 104 cm³/mol. The largest absolute Gasteiger partial charge is 0.377 e. The normalized spacial score (nSPS) is 24.8. The summed E-state index contributed by atoms with van der Waals surface area (Å²) in [4.78, 5) is 19.1. The number of hydrogen-bond donors (Lipinski definition) is 0. The van der Waals surface area contributed by atoms with Crippen LogP contribution in [0, 0.1) is 12.3 Å². The minimum Gasteiger partial charge on any atom is -0.377 e. The molecule has 4 heterocycles. The zero-order chi connectivity index (χ0) is 19.6. The third kappa shape index (κ3) is 3.82. The molecule has 0 bridgehead atoms. The van der Waals surface area contributed by atoms with Gasteiger partial charge in [0.2, 0.25) is 0 Å². The highest BCUT2D eigenvalue weighted by molar-refractivity contribution is 5.95. The molecule has 1 amide bonds. The summed E-state index contributed by atoms with van der Waals surface area (Å²) >= 11 is 0. The van der Waals surface area contributed by atoms with Gasteiger partial charge in [0.1, 0.15) is 0 Å². The Hall–Kier alpha value is -2.25. The Morgan fingerprint density at radius 2 is 2.21 bits per heavy atom. The van der Waals surface area contributed by atoms with E-state index in [1.807, 2.05) is 37.2 Å². The first kappa shape index (κ1) is 19.1. The molecule has 2 atom stereocenters. The molecule has 2 aromatic rings. The van der Waals surface area contributed by atoms with Crippen molar-refractivity contribution in [2.75, 3.05) is 26.3 Å². The lowest BCUT2D eigenvalue weighted by Gasteiger charge is -2.50. The van der Waals surface area contributed by atoms with E-state index in [0.29, 0.717) is 31.9 Å². The molecule has 2 saturated heterocycles. The maximum absolute atomic E-state index is 13.1. The van der Waals surface area contributed by atoms with Gasteiger partial charge in [0, 0.05) is 50.7 Å². The molecule has 0 N–H and O–H groups in total. The molecule has 0 aliphatic carbocycles. The van der Waals surface area contributed by atoms with Crippen molar-refractivity contribution >= 4 is 5.91 Å². The maximum Gasteiger partial charge on any atom is 0.257 e. The molecule has 2 aliphatic heterocycles. The van der Waals surface area contributed by atoms with Crippen molar-refractivity contribution < 1.29 is 14.3 Å². The van der Waals surface area contributed by atoms with Crippen LogP contribution in [0.4, 0.5) is 0 Å². The topological polar surface area (TPSA) is 69.5 Å². The maximum atomic E-state index is 13.1. The molecule has 150 valence electrons. The number of carbonyl (C=O) groups is 1. The van der Waals surface area contributed by atoms with Gasteiger partial charge in [0.15, 0.2) is 0 Å². The van der Waals surface area contributed by atoms with Crippen LogP contribution in [0.1, 0.15) is 40.9 Å². The van der Waals surface area contributed by atoms with Gasteiger partial charge in [0.25, 0.3) is 5.91 Å². The quantitative estimate of drug-likeness (QED) is 0.791. The fraction of sp³-hybridized carbons (Fsp3) is 0.571. The lowest BCUT2D eigenvalue weighted by molar-refractivity contribution is -0.148. The van der Waals surface area contributed by atoms with Gasteiger partial charge < -0.3 is 14.4 Å². The van der Waals surface area contributed by atoms with Crippen molar-refractivity contribution in [1.29, 1.82) is 0 Å². The van der Waals surface area contributed by atoms with Gasteiger partial charge in [-0.3, -0.25) is 14.5 Å². The summed E-state index contributed by atoms with van der Waals surface area (Å²) in [6.07, 6.45) is 8.39. The molecule has 2 fully saturated rings. The van der Waals surface area contributed by atoms with Crippen LogP contribution in [-0.4, -0.2) is 58.0 Å². The van der Waals surface area contributed by atoms with Crippen LogP contribution in [0.15, 0.2) is 30.7 Å². The van der Waals surface area contributed by atoms with Crippen LogP contribution in [0.3, 0.4) is 0 Å². The Morgan fingerprint density at radius 1 is 1.39 bits per heavy atom. The van der Waals surface area contributed by atoms with E-state index in [0.717, 1.165) is 37.1 Å². The first-order valence-electron chi connectivity index (χ1n) is 9.95. The molecule has 4 rings (SSSR count). The van der Waals surface area contributed by atoms with E-state index in [1.165, 1.54) is 0 Å². The minimum absolute atomic E-state index is 0.0585. The van der Waals surface area contributed by atoms with Gasteiger partial charge in [-0.05, 0) is 43.9 Å². The highest BCUT2D eigenvalue weighted by Gasteiger charge is 2.47. The number of ether oxygens (including phenoxy) is 2. The minimum atomic E-state index is -0.144. The number of nitrogens with zero attached hydrogens (tertiary/aromatic N) is 4. The van der Waals surface area contributed by atoms with E-state index >= 15 is 0 Å². The van der Waals surface area contributed by atoms with Crippen LogP contribution in [0.25, 0.3) is 0 Å². The SMILES string of the molecule is Cc1nn(C)cc1C(=O)N1CCC2OCCCC2(COCc2ccncc2)C1. The number of aryl methyl sites for hydroxylation is 2. The van der Waals surface area contributed by atoms with E-state index in [4.69, 9.17) is 9.47 Å². The number of piperidine rings is 1. The first-order chi connectivity index (χ1) is 13.6. The van der Waals surface area contributed by atoms with Crippen molar-refractivity contribution in [1.82, 2.24) is 19.7 Å². The third-order valence-corrected chi connectivity index (χ3v) is 5.93. The Morgan fingerprint density at radius 3 is 2.96 bits per heavy atom. The second kappa shape index (κ2) is 8.01. The summed E-state index contributed by atoms with van der Waals surface area (Å²) in [5.74, 6) is 0.0585. The smallest absolute Gasteiger partial charge is 0.257 e. The zero-order valence-electron chi connectivity index (χ0n) is 16.6. The van der Waals surface area contributed by atoms with E-state index in [2.05, 4.69) is 10.1 Å². The monoisotopic (exact) mass is 384 g/mol. The van der Waals surface area contributed by atoms with Crippen molar-refractivity contribution in [3.05, 3.63) is 47.5 Å². The molecule has 0 radical (unpaired) electrons. The molecule has 2 aliphatic rings. The summed E-state index contributed by atoms with van der Waals surface area (Å²) in [5.41, 5.74) is 2.42. The second-order valence-electron chi connectivity index (χ2n) is 7.99. The number of hydrogen-bond acceptors (Lipinski definition) is 5. The van der Waals surface area contributed by atoms with Gasteiger partial charge in [-0.15, -0.1) is 0 Å². The fourth-order valence-electron chi connectivity index (χ4n) is 4.51. The average molecular weight is 384 g/mol. The Kier molecular flexibility index (Phi) is 5.46. The summed E-state index contributed by atoms with van der Waals surface area (Å²) in [7, 11) is 1.85. The molecule has 2 unspecified atom stereocenters. The van der Waals surface area contributed by atoms with Crippen LogP contribution in [0.2, 0.25) is 0 Å². The highest BCUT2D eigenvalue weighted by Crippen LogP contribution is 2.41. The van der Waals surface area contributed by atoms with Crippen molar-refractivity contribution in [3.63, 3.8) is 0 Å². The number of rotatable bonds is 5. The van der Waals surface area contributed by atoms with Crippen molar-refractivity contribution in [3.8, 4) is 0 Å². The van der Waals surface area contributed by atoms with E-state index in [1.54, 1.807) is 17.1 Å². The number of amides is 1.